The summed E-state index contributed by atoms with van der Waals surface area (Å²) >= 11 is 6.24. The number of hydrogen-bond donors (Lipinski definition) is 0. The molecule has 1 aliphatic heterocycles. The monoisotopic (exact) mass is 412 g/mol. The number of ether oxygens (including phenoxy) is 1. The SMILES string of the molecule is O=C(CCn1cnnn1)N1CCOC(c2ccc(Cc3ccccc3Cl)cn2)C1. The fourth-order valence-electron chi connectivity index (χ4n) is 3.30. The molecule has 1 amide bonds. The summed E-state index contributed by atoms with van der Waals surface area (Å²) in [5, 5.41) is 11.7. The summed E-state index contributed by atoms with van der Waals surface area (Å²) < 4.78 is 7.41. The van der Waals surface area contributed by atoms with Crippen LogP contribution in [0.4, 0.5) is 0 Å². The van der Waals surface area contributed by atoms with Gasteiger partial charge in [-0.3, -0.25) is 9.78 Å². The van der Waals surface area contributed by atoms with E-state index in [1.165, 1.54) is 6.33 Å². The number of halogens is 1. The molecule has 8 nitrogen and oxygen atoms in total. The third kappa shape index (κ3) is 4.96. The molecule has 3 aromatic rings. The van der Waals surface area contributed by atoms with Gasteiger partial charge in [-0.15, -0.1) is 5.10 Å². The van der Waals surface area contributed by atoms with Crippen LogP contribution in [0, 0.1) is 0 Å². The van der Waals surface area contributed by atoms with Crippen molar-refractivity contribution in [2.45, 2.75) is 25.5 Å². The van der Waals surface area contributed by atoms with Crippen LogP contribution in [0.2, 0.25) is 5.02 Å². The summed E-state index contributed by atoms with van der Waals surface area (Å²) in [6, 6.07) is 11.8. The maximum Gasteiger partial charge on any atom is 0.224 e. The highest BCUT2D eigenvalue weighted by Crippen LogP contribution is 2.23. The molecule has 0 spiro atoms. The molecule has 0 N–H and O–H groups in total. The first-order chi connectivity index (χ1) is 14.2. The maximum absolute atomic E-state index is 12.5. The number of carbonyl (C=O) groups is 1. The van der Waals surface area contributed by atoms with Crippen LogP contribution in [0.5, 0.6) is 0 Å². The van der Waals surface area contributed by atoms with Crippen LogP contribution >= 0.6 is 11.6 Å². The number of rotatable bonds is 6. The Morgan fingerprint density at radius 3 is 2.90 bits per heavy atom. The molecule has 1 atom stereocenters. The molecule has 9 heteroatoms. The number of tetrazole rings is 1. The number of amides is 1. The fraction of sp³-hybridized carbons (Fsp3) is 0.350. The van der Waals surface area contributed by atoms with Crippen molar-refractivity contribution >= 4 is 17.5 Å². The van der Waals surface area contributed by atoms with Gasteiger partial charge in [-0.05, 0) is 33.7 Å². The van der Waals surface area contributed by atoms with Gasteiger partial charge >= 0.3 is 0 Å². The molecule has 0 saturated carbocycles. The van der Waals surface area contributed by atoms with Crippen LogP contribution in [0.25, 0.3) is 0 Å². The molecule has 0 aliphatic carbocycles. The van der Waals surface area contributed by atoms with Gasteiger partial charge < -0.3 is 9.64 Å². The normalized spacial score (nSPS) is 16.7. The third-order valence-corrected chi connectivity index (χ3v) is 5.26. The topological polar surface area (TPSA) is 86.0 Å². The molecule has 29 heavy (non-hydrogen) atoms. The fourth-order valence-corrected chi connectivity index (χ4v) is 3.50. The number of nitrogens with zero attached hydrogens (tertiary/aromatic N) is 6. The van der Waals surface area contributed by atoms with Crippen molar-refractivity contribution in [3.05, 3.63) is 70.8 Å². The van der Waals surface area contributed by atoms with Gasteiger partial charge in [-0.25, -0.2) is 4.68 Å². The molecular weight excluding hydrogens is 392 g/mol. The Bertz CT molecular complexity index is 948. The standard InChI is InChI=1S/C20H21ClN6O2/c21-17-4-2-1-3-16(17)11-15-5-6-18(22-12-15)19-13-26(9-10-29-19)20(28)7-8-27-14-23-24-25-27/h1-6,12,14,19H,7-11,13H2. The van der Waals surface area contributed by atoms with E-state index in [0.29, 0.717) is 32.7 Å². The Hall–Kier alpha value is -2.84. The summed E-state index contributed by atoms with van der Waals surface area (Å²) in [6.45, 7) is 2.02. The summed E-state index contributed by atoms with van der Waals surface area (Å²) in [4.78, 5) is 18.9. The molecule has 0 bridgehead atoms. The van der Waals surface area contributed by atoms with Gasteiger partial charge in [-0.2, -0.15) is 0 Å². The van der Waals surface area contributed by atoms with Crippen molar-refractivity contribution in [1.29, 1.82) is 0 Å². The quantitative estimate of drug-likeness (QED) is 0.617. The summed E-state index contributed by atoms with van der Waals surface area (Å²) in [7, 11) is 0. The highest BCUT2D eigenvalue weighted by Gasteiger charge is 2.26. The van der Waals surface area contributed by atoms with Gasteiger partial charge in [0.15, 0.2) is 0 Å². The smallest absolute Gasteiger partial charge is 0.224 e. The molecule has 1 fully saturated rings. The Morgan fingerprint density at radius 1 is 1.24 bits per heavy atom. The zero-order chi connectivity index (χ0) is 20.1. The average Bonchev–Trinajstić information content (AvgIpc) is 3.28. The number of benzene rings is 1. The maximum atomic E-state index is 12.5. The van der Waals surface area contributed by atoms with E-state index in [0.717, 1.165) is 28.3 Å². The van der Waals surface area contributed by atoms with Gasteiger partial charge in [0.25, 0.3) is 0 Å². The molecule has 3 heterocycles. The van der Waals surface area contributed by atoms with Crippen molar-refractivity contribution in [1.82, 2.24) is 30.1 Å². The van der Waals surface area contributed by atoms with E-state index in [1.54, 1.807) is 4.68 Å². The molecule has 0 radical (unpaired) electrons. The number of carbonyl (C=O) groups excluding carboxylic acids is 1. The van der Waals surface area contributed by atoms with Crippen LogP contribution in [0.1, 0.15) is 29.3 Å². The average molecular weight is 413 g/mol. The molecule has 1 saturated heterocycles. The van der Waals surface area contributed by atoms with Crippen molar-refractivity contribution in [3.8, 4) is 0 Å². The molecule has 150 valence electrons. The summed E-state index contributed by atoms with van der Waals surface area (Å²) in [5.41, 5.74) is 2.97. The Morgan fingerprint density at radius 2 is 2.14 bits per heavy atom. The lowest BCUT2D eigenvalue weighted by Gasteiger charge is -2.32. The van der Waals surface area contributed by atoms with Crippen LogP contribution in [-0.2, 0) is 22.5 Å². The molecule has 2 aromatic heterocycles. The second kappa shape index (κ2) is 9.11. The number of aryl methyl sites for hydroxylation is 1. The molecule has 1 aromatic carbocycles. The Balaban J connectivity index is 1.35. The van der Waals surface area contributed by atoms with E-state index in [1.807, 2.05) is 47.5 Å². The van der Waals surface area contributed by atoms with E-state index in [4.69, 9.17) is 16.3 Å². The van der Waals surface area contributed by atoms with Crippen molar-refractivity contribution in [2.75, 3.05) is 19.7 Å². The lowest BCUT2D eigenvalue weighted by atomic mass is 10.1. The zero-order valence-corrected chi connectivity index (χ0v) is 16.6. The lowest BCUT2D eigenvalue weighted by Crippen LogP contribution is -2.42. The summed E-state index contributed by atoms with van der Waals surface area (Å²) in [6.07, 6.45) is 4.20. The summed E-state index contributed by atoms with van der Waals surface area (Å²) in [5.74, 6) is 0.0594. The third-order valence-electron chi connectivity index (χ3n) is 4.90. The molecular formula is C20H21ClN6O2. The first-order valence-electron chi connectivity index (χ1n) is 9.47. The van der Waals surface area contributed by atoms with Crippen molar-refractivity contribution < 1.29 is 9.53 Å². The second-order valence-corrected chi connectivity index (χ2v) is 7.29. The van der Waals surface area contributed by atoms with Gasteiger partial charge in [0.2, 0.25) is 5.91 Å². The predicted octanol–water partition coefficient (Wildman–Crippen LogP) is 2.30. The number of aromatic nitrogens is 5. The first-order valence-corrected chi connectivity index (χ1v) is 9.85. The van der Waals surface area contributed by atoms with E-state index < -0.39 is 0 Å². The van der Waals surface area contributed by atoms with Gasteiger partial charge in [-0.1, -0.05) is 35.9 Å². The highest BCUT2D eigenvalue weighted by atomic mass is 35.5. The Labute approximate surface area is 173 Å². The van der Waals surface area contributed by atoms with E-state index in [-0.39, 0.29) is 12.0 Å². The zero-order valence-electron chi connectivity index (χ0n) is 15.8. The van der Waals surface area contributed by atoms with E-state index >= 15 is 0 Å². The van der Waals surface area contributed by atoms with Crippen LogP contribution in [0.15, 0.2) is 48.9 Å². The second-order valence-electron chi connectivity index (χ2n) is 6.88. The molecule has 1 unspecified atom stereocenters. The van der Waals surface area contributed by atoms with Crippen molar-refractivity contribution in [2.24, 2.45) is 0 Å². The number of hydrogen-bond acceptors (Lipinski definition) is 6. The first kappa shape index (κ1) is 19.5. The Kier molecular flexibility index (Phi) is 6.12. The van der Waals surface area contributed by atoms with E-state index in [2.05, 4.69) is 20.5 Å². The molecule has 1 aliphatic rings. The number of morpholine rings is 1. The lowest BCUT2D eigenvalue weighted by molar-refractivity contribution is -0.139. The van der Waals surface area contributed by atoms with Gasteiger partial charge in [0, 0.05) is 30.6 Å². The minimum atomic E-state index is -0.227. The minimum Gasteiger partial charge on any atom is -0.368 e. The molecule has 4 rings (SSSR count). The van der Waals surface area contributed by atoms with Crippen LogP contribution in [-0.4, -0.2) is 55.7 Å². The predicted molar refractivity (Wildman–Crippen MR) is 106 cm³/mol. The highest BCUT2D eigenvalue weighted by molar-refractivity contribution is 6.31. The van der Waals surface area contributed by atoms with Gasteiger partial charge in [0.1, 0.15) is 12.4 Å². The van der Waals surface area contributed by atoms with Crippen LogP contribution in [0.3, 0.4) is 0 Å². The minimum absolute atomic E-state index is 0.0594. The number of pyridine rings is 1. The van der Waals surface area contributed by atoms with Crippen molar-refractivity contribution in [3.63, 3.8) is 0 Å². The van der Waals surface area contributed by atoms with Gasteiger partial charge in [0.05, 0.1) is 25.4 Å². The van der Waals surface area contributed by atoms with Crippen LogP contribution < -0.4 is 0 Å². The largest absolute Gasteiger partial charge is 0.368 e. The van der Waals surface area contributed by atoms with E-state index in [9.17, 15) is 4.79 Å².